The molecular weight excluding hydrogens is 170 g/mol. The molecule has 1 heterocycles. The molecule has 0 atom stereocenters. The molecule has 14 heavy (non-hydrogen) atoms. The lowest BCUT2D eigenvalue weighted by Crippen LogP contribution is -1.77. The maximum Gasteiger partial charge on any atom is 0.0456 e. The Labute approximate surface area is 89.1 Å². The third-order valence-corrected chi connectivity index (χ3v) is 2.19. The lowest BCUT2D eigenvalue weighted by Gasteiger charge is -1.93. The molecular formula is C13H23N. The van der Waals surface area contributed by atoms with Gasteiger partial charge in [-0.3, -0.25) is 0 Å². The Morgan fingerprint density at radius 1 is 1.21 bits per heavy atom. The molecule has 0 amide bonds. The quantitative estimate of drug-likeness (QED) is 0.715. The molecule has 1 heteroatoms. The number of para-hydroxylation sites is 1. The van der Waals surface area contributed by atoms with E-state index < -0.39 is 0 Å². The monoisotopic (exact) mass is 193 g/mol. The third-order valence-electron chi connectivity index (χ3n) is 2.19. The number of rotatable bonds is 2. The highest BCUT2D eigenvalue weighted by atomic mass is 14.7. The van der Waals surface area contributed by atoms with Crippen LogP contribution in [0, 0.1) is 0 Å². The summed E-state index contributed by atoms with van der Waals surface area (Å²) in [6.45, 7) is 6.21. The maximum absolute atomic E-state index is 3.27. The number of nitrogens with one attached hydrogen (secondary N) is 1. The Bertz CT molecular complexity index is 382. The van der Waals surface area contributed by atoms with Crippen LogP contribution in [0.3, 0.4) is 0 Å². The van der Waals surface area contributed by atoms with E-state index in [1.165, 1.54) is 29.3 Å². The van der Waals surface area contributed by atoms with Gasteiger partial charge in [0.05, 0.1) is 0 Å². The fourth-order valence-corrected chi connectivity index (χ4v) is 1.61. The van der Waals surface area contributed by atoms with Gasteiger partial charge in [0.1, 0.15) is 0 Å². The second-order valence-corrected chi connectivity index (χ2v) is 3.11. The third kappa shape index (κ3) is 2.16. The molecule has 1 nitrogen and oxygen atoms in total. The smallest absolute Gasteiger partial charge is 0.0456 e. The molecule has 1 aromatic carbocycles. The van der Waals surface area contributed by atoms with Crippen LogP contribution in [0.4, 0.5) is 0 Å². The molecule has 0 bridgehead atoms. The van der Waals surface area contributed by atoms with Crippen molar-refractivity contribution in [3.8, 4) is 0 Å². The minimum Gasteiger partial charge on any atom is -0.361 e. The first-order chi connectivity index (χ1) is 6.92. The Hall–Kier alpha value is -1.24. The van der Waals surface area contributed by atoms with Gasteiger partial charge in [-0.05, 0) is 18.1 Å². The number of aryl methyl sites for hydroxylation is 1. The van der Waals surface area contributed by atoms with E-state index in [-0.39, 0.29) is 2.85 Å². The fraction of sp³-hybridized carbons (Fsp3) is 0.385. The summed E-state index contributed by atoms with van der Waals surface area (Å²) in [5, 5.41) is 1.37. The Balaban J connectivity index is 0. The molecule has 0 saturated heterocycles. The van der Waals surface area contributed by atoms with Gasteiger partial charge >= 0.3 is 0 Å². The second-order valence-electron chi connectivity index (χ2n) is 3.11. The SMILES string of the molecule is CC.CCCc1c[nH]c2ccccc12.[HH].[HH]. The molecule has 80 valence electrons. The van der Waals surface area contributed by atoms with Gasteiger partial charge in [0.25, 0.3) is 0 Å². The van der Waals surface area contributed by atoms with Crippen LogP contribution in [0.15, 0.2) is 30.5 Å². The summed E-state index contributed by atoms with van der Waals surface area (Å²) in [5.74, 6) is 0. The van der Waals surface area contributed by atoms with Gasteiger partial charge in [-0.25, -0.2) is 0 Å². The van der Waals surface area contributed by atoms with Crippen LogP contribution >= 0.6 is 0 Å². The molecule has 0 aliphatic rings. The van der Waals surface area contributed by atoms with Gasteiger partial charge in [-0.15, -0.1) is 0 Å². The highest BCUT2D eigenvalue weighted by molar-refractivity contribution is 5.82. The summed E-state index contributed by atoms with van der Waals surface area (Å²) < 4.78 is 0. The van der Waals surface area contributed by atoms with E-state index in [9.17, 15) is 0 Å². The molecule has 0 aliphatic heterocycles. The zero-order valence-electron chi connectivity index (χ0n) is 9.30. The number of hydrogen-bond acceptors (Lipinski definition) is 0. The van der Waals surface area contributed by atoms with Gasteiger partial charge in [0.2, 0.25) is 0 Å². The van der Waals surface area contributed by atoms with E-state index in [1.54, 1.807) is 0 Å². The predicted molar refractivity (Wildman–Crippen MR) is 67.9 cm³/mol. The predicted octanol–water partition coefficient (Wildman–Crippen LogP) is 4.64. The largest absolute Gasteiger partial charge is 0.361 e. The Kier molecular flexibility index (Phi) is 4.24. The summed E-state index contributed by atoms with van der Waals surface area (Å²) in [6.07, 6.45) is 4.50. The standard InChI is InChI=1S/C11H13N.C2H6.2H2/c1-2-5-9-8-12-11-7-4-3-6-10(9)11;1-2;;/h3-4,6-8,12H,2,5H2,1H3;1-2H3;2*1H. The molecule has 0 aliphatic carbocycles. The molecule has 0 fully saturated rings. The van der Waals surface area contributed by atoms with Crippen LogP contribution in [0.5, 0.6) is 0 Å². The molecule has 0 saturated carbocycles. The molecule has 0 unspecified atom stereocenters. The first-order valence-corrected chi connectivity index (χ1v) is 5.47. The van der Waals surface area contributed by atoms with Crippen LogP contribution in [0.25, 0.3) is 10.9 Å². The molecule has 1 aromatic heterocycles. The zero-order chi connectivity index (χ0) is 10.4. The van der Waals surface area contributed by atoms with Crippen LogP contribution < -0.4 is 0 Å². The number of hydrogen-bond donors (Lipinski definition) is 1. The molecule has 0 radical (unpaired) electrons. The lowest BCUT2D eigenvalue weighted by molar-refractivity contribution is 0.929. The molecule has 0 spiro atoms. The van der Waals surface area contributed by atoms with Crippen molar-refractivity contribution in [1.29, 1.82) is 0 Å². The van der Waals surface area contributed by atoms with E-state index in [0.29, 0.717) is 0 Å². The Morgan fingerprint density at radius 2 is 1.93 bits per heavy atom. The van der Waals surface area contributed by atoms with Gasteiger partial charge in [-0.1, -0.05) is 45.4 Å². The van der Waals surface area contributed by atoms with Gasteiger partial charge in [0, 0.05) is 20.0 Å². The van der Waals surface area contributed by atoms with Crippen molar-refractivity contribution in [2.75, 3.05) is 0 Å². The molecule has 1 N–H and O–H groups in total. The van der Waals surface area contributed by atoms with E-state index in [1.807, 2.05) is 13.8 Å². The number of benzene rings is 1. The van der Waals surface area contributed by atoms with Crippen molar-refractivity contribution >= 4 is 10.9 Å². The van der Waals surface area contributed by atoms with Crippen molar-refractivity contribution in [3.05, 3.63) is 36.0 Å². The highest BCUT2D eigenvalue weighted by Gasteiger charge is 1.99. The van der Waals surface area contributed by atoms with Gasteiger partial charge in [0.15, 0.2) is 0 Å². The van der Waals surface area contributed by atoms with Crippen molar-refractivity contribution in [2.45, 2.75) is 33.6 Å². The number of fused-ring (bicyclic) bond motifs is 1. The summed E-state index contributed by atoms with van der Waals surface area (Å²) >= 11 is 0. The highest BCUT2D eigenvalue weighted by Crippen LogP contribution is 2.18. The lowest BCUT2D eigenvalue weighted by atomic mass is 10.1. The van der Waals surface area contributed by atoms with E-state index in [0.717, 1.165) is 0 Å². The van der Waals surface area contributed by atoms with E-state index >= 15 is 0 Å². The Morgan fingerprint density at radius 3 is 2.64 bits per heavy atom. The first kappa shape index (κ1) is 10.8. The average molecular weight is 193 g/mol. The van der Waals surface area contributed by atoms with Gasteiger partial charge in [-0.2, -0.15) is 0 Å². The fourth-order valence-electron chi connectivity index (χ4n) is 1.61. The van der Waals surface area contributed by atoms with Crippen molar-refractivity contribution in [3.63, 3.8) is 0 Å². The first-order valence-electron chi connectivity index (χ1n) is 5.47. The normalized spacial score (nSPS) is 9.64. The number of aromatic nitrogens is 1. The molecule has 2 aromatic rings. The summed E-state index contributed by atoms with van der Waals surface area (Å²) in [4.78, 5) is 3.27. The minimum atomic E-state index is 0. The number of H-pyrrole nitrogens is 1. The summed E-state index contributed by atoms with van der Waals surface area (Å²) in [6, 6.07) is 8.45. The summed E-state index contributed by atoms with van der Waals surface area (Å²) in [7, 11) is 0. The average Bonchev–Trinajstić information content (AvgIpc) is 2.66. The van der Waals surface area contributed by atoms with Gasteiger partial charge < -0.3 is 4.98 Å². The second kappa shape index (κ2) is 5.48. The maximum atomic E-state index is 3.27. The van der Waals surface area contributed by atoms with Crippen molar-refractivity contribution in [1.82, 2.24) is 4.98 Å². The van der Waals surface area contributed by atoms with Crippen molar-refractivity contribution < 1.29 is 2.85 Å². The zero-order valence-corrected chi connectivity index (χ0v) is 9.30. The van der Waals surface area contributed by atoms with Crippen LogP contribution in [-0.4, -0.2) is 4.98 Å². The van der Waals surface area contributed by atoms with Crippen molar-refractivity contribution in [2.24, 2.45) is 0 Å². The van der Waals surface area contributed by atoms with E-state index in [2.05, 4.69) is 42.4 Å². The van der Waals surface area contributed by atoms with E-state index in [4.69, 9.17) is 0 Å². The van der Waals surface area contributed by atoms with Crippen LogP contribution in [0.1, 0.15) is 35.6 Å². The summed E-state index contributed by atoms with van der Waals surface area (Å²) in [5.41, 5.74) is 2.69. The van der Waals surface area contributed by atoms with Crippen LogP contribution in [-0.2, 0) is 6.42 Å². The molecule has 2 rings (SSSR count). The minimum absolute atomic E-state index is 0. The topological polar surface area (TPSA) is 15.8 Å². The van der Waals surface area contributed by atoms with Crippen LogP contribution in [0.2, 0.25) is 0 Å². The number of aromatic amines is 1.